The van der Waals surface area contributed by atoms with E-state index in [-0.39, 0.29) is 0 Å². The fourth-order valence-corrected chi connectivity index (χ4v) is 6.95. The summed E-state index contributed by atoms with van der Waals surface area (Å²) in [5.74, 6) is -0.663. The molecule has 0 rings (SSSR count). The first-order valence-electron chi connectivity index (χ1n) is 23.1. The van der Waals surface area contributed by atoms with Gasteiger partial charge in [-0.25, -0.2) is 0 Å². The highest BCUT2D eigenvalue weighted by Gasteiger charge is 1.98. The van der Waals surface area contributed by atoms with Crippen LogP contribution in [0.4, 0.5) is 0 Å². The lowest BCUT2D eigenvalue weighted by Crippen LogP contribution is -2.16. The minimum absolute atomic E-state index is 0.341. The lowest BCUT2D eigenvalue weighted by molar-refractivity contribution is -0.137. The van der Waals surface area contributed by atoms with E-state index in [9.17, 15) is 4.79 Å². The predicted octanol–water partition coefficient (Wildman–Crippen LogP) is 16.3. The van der Waals surface area contributed by atoms with Gasteiger partial charge in [-0.3, -0.25) is 4.79 Å². The van der Waals surface area contributed by atoms with Crippen molar-refractivity contribution in [1.82, 2.24) is 5.32 Å². The van der Waals surface area contributed by atoms with Crippen LogP contribution in [-0.2, 0) is 4.79 Å². The van der Waals surface area contributed by atoms with Crippen molar-refractivity contribution in [3.8, 4) is 0 Å². The van der Waals surface area contributed by atoms with Gasteiger partial charge < -0.3 is 10.4 Å². The zero-order valence-electron chi connectivity index (χ0n) is 34.6. The molecule has 0 aliphatic carbocycles. The summed E-state index contributed by atoms with van der Waals surface area (Å²) in [5, 5.41) is 12.0. The Kier molecular flexibility index (Phi) is 51.1. The number of carboxylic acid groups (broad SMARTS) is 1. The first-order valence-corrected chi connectivity index (χ1v) is 23.1. The predicted molar refractivity (Wildman–Crippen MR) is 222 cm³/mol. The van der Waals surface area contributed by atoms with Crippen LogP contribution in [0, 0.1) is 0 Å². The lowest BCUT2D eigenvalue weighted by atomic mass is 10.0. The van der Waals surface area contributed by atoms with Crippen LogP contribution in [0.25, 0.3) is 0 Å². The molecule has 0 aromatic rings. The zero-order chi connectivity index (χ0) is 36.0. The van der Waals surface area contributed by atoms with Crippen LogP contribution in [0.5, 0.6) is 0 Å². The summed E-state index contributed by atoms with van der Waals surface area (Å²) in [5.41, 5.74) is 0. The highest BCUT2D eigenvalue weighted by atomic mass is 16.4. The van der Waals surface area contributed by atoms with Gasteiger partial charge in [-0.1, -0.05) is 252 Å². The van der Waals surface area contributed by atoms with Crippen LogP contribution in [0.2, 0.25) is 0 Å². The fraction of sp³-hybridized carbons (Fsp3) is 0.978. The molecule has 3 heteroatoms. The Morgan fingerprint density at radius 3 is 0.694 bits per heavy atom. The smallest absolute Gasteiger partial charge is 0.303 e. The molecule has 0 aromatic heterocycles. The van der Waals surface area contributed by atoms with E-state index in [4.69, 9.17) is 5.11 Å². The minimum Gasteiger partial charge on any atom is -0.481 e. The molecule has 0 fully saturated rings. The molecule has 0 spiro atoms. The number of hydrogen-bond acceptors (Lipinski definition) is 2. The maximum absolute atomic E-state index is 10.1. The summed E-state index contributed by atoms with van der Waals surface area (Å²) in [6, 6.07) is 0. The summed E-state index contributed by atoms with van der Waals surface area (Å²) in [4.78, 5) is 10.1. The van der Waals surface area contributed by atoms with Crippen LogP contribution in [0.3, 0.4) is 0 Å². The highest BCUT2D eigenvalue weighted by Crippen LogP contribution is 2.15. The van der Waals surface area contributed by atoms with Gasteiger partial charge in [0.1, 0.15) is 0 Å². The molecule has 0 saturated heterocycles. The summed E-state index contributed by atoms with van der Waals surface area (Å²) in [7, 11) is 0. The molecule has 0 atom stereocenters. The molecule has 0 aliphatic rings. The van der Waals surface area contributed by atoms with Crippen molar-refractivity contribution in [3.63, 3.8) is 0 Å². The highest BCUT2D eigenvalue weighted by molar-refractivity contribution is 5.66. The molecule has 2 N–H and O–H groups in total. The number of rotatable bonds is 42. The number of carboxylic acids is 1. The number of carbonyl (C=O) groups is 1. The average molecular weight is 694 g/mol. The van der Waals surface area contributed by atoms with E-state index in [2.05, 4.69) is 26.1 Å². The van der Waals surface area contributed by atoms with Crippen LogP contribution >= 0.6 is 0 Å². The molecule has 0 heterocycles. The lowest BCUT2D eigenvalue weighted by Gasteiger charge is -2.06. The molecule has 0 saturated carbocycles. The van der Waals surface area contributed by atoms with Crippen molar-refractivity contribution in [3.05, 3.63) is 0 Å². The molecular weight excluding hydrogens is 599 g/mol. The Morgan fingerprint density at radius 1 is 0.306 bits per heavy atom. The number of aliphatic carboxylic acids is 1. The standard InChI is InChI=1S/C36H75N.C10H20O2/c1-3-5-7-9-11-13-15-17-19-21-23-25-27-29-31-33-35-37-36-34-32-30-28-26-24-22-20-18-16-14-12-10-8-6-4-2;1-2-3-4-5-6-7-8-9-10(11)12/h37H,3-36H2,1-2H3;2-9H2,1H3,(H,11,12). The van der Waals surface area contributed by atoms with E-state index >= 15 is 0 Å². The van der Waals surface area contributed by atoms with Gasteiger partial charge in [0.05, 0.1) is 0 Å². The van der Waals surface area contributed by atoms with E-state index < -0.39 is 5.97 Å². The van der Waals surface area contributed by atoms with Gasteiger partial charge in [-0.05, 0) is 32.4 Å². The van der Waals surface area contributed by atoms with Gasteiger partial charge in [0.25, 0.3) is 0 Å². The third kappa shape index (κ3) is 54.4. The van der Waals surface area contributed by atoms with Crippen molar-refractivity contribution < 1.29 is 9.90 Å². The van der Waals surface area contributed by atoms with Crippen molar-refractivity contribution >= 4 is 5.97 Å². The van der Waals surface area contributed by atoms with Gasteiger partial charge in [-0.15, -0.1) is 0 Å². The third-order valence-corrected chi connectivity index (χ3v) is 10.4. The average Bonchev–Trinajstić information content (AvgIpc) is 3.10. The van der Waals surface area contributed by atoms with Crippen LogP contribution in [-0.4, -0.2) is 24.2 Å². The molecule has 296 valence electrons. The van der Waals surface area contributed by atoms with E-state index in [1.54, 1.807) is 0 Å². The number of unbranched alkanes of at least 4 members (excludes halogenated alkanes) is 36. The Balaban J connectivity index is 0. The van der Waals surface area contributed by atoms with Gasteiger partial charge in [-0.2, -0.15) is 0 Å². The Bertz CT molecular complexity index is 531. The van der Waals surface area contributed by atoms with E-state index in [1.165, 1.54) is 251 Å². The molecule has 0 amide bonds. The number of hydrogen-bond donors (Lipinski definition) is 2. The van der Waals surface area contributed by atoms with Gasteiger partial charge in [0.2, 0.25) is 0 Å². The quantitative estimate of drug-likeness (QED) is 0.0626. The topological polar surface area (TPSA) is 49.3 Å². The molecule has 0 radical (unpaired) electrons. The molecule has 0 bridgehead atoms. The Hall–Kier alpha value is -0.570. The summed E-state index contributed by atoms with van der Waals surface area (Å²) in [6.45, 7) is 9.31. The second-order valence-electron chi connectivity index (χ2n) is 15.6. The molecule has 49 heavy (non-hydrogen) atoms. The second kappa shape index (κ2) is 49.5. The maximum Gasteiger partial charge on any atom is 0.303 e. The third-order valence-electron chi connectivity index (χ3n) is 10.4. The van der Waals surface area contributed by atoms with Crippen LogP contribution in [0.15, 0.2) is 0 Å². The van der Waals surface area contributed by atoms with Crippen molar-refractivity contribution in [2.75, 3.05) is 13.1 Å². The molecule has 0 aromatic carbocycles. The van der Waals surface area contributed by atoms with E-state index in [0.717, 1.165) is 12.8 Å². The summed E-state index contributed by atoms with van der Waals surface area (Å²) in [6.07, 6.45) is 55.4. The second-order valence-corrected chi connectivity index (χ2v) is 15.6. The largest absolute Gasteiger partial charge is 0.481 e. The molecule has 3 nitrogen and oxygen atoms in total. The van der Waals surface area contributed by atoms with Gasteiger partial charge >= 0.3 is 5.97 Å². The normalized spacial score (nSPS) is 11.2. The van der Waals surface area contributed by atoms with Crippen molar-refractivity contribution in [1.29, 1.82) is 0 Å². The van der Waals surface area contributed by atoms with Crippen LogP contribution in [0.1, 0.15) is 278 Å². The van der Waals surface area contributed by atoms with E-state index in [0.29, 0.717) is 6.42 Å². The summed E-state index contributed by atoms with van der Waals surface area (Å²) < 4.78 is 0. The SMILES string of the molecule is CCCCCCCCCC(=O)O.CCCCCCCCCCCCCCCCCCNCCCCCCCCCCCCCCCCCC. The summed E-state index contributed by atoms with van der Waals surface area (Å²) >= 11 is 0. The van der Waals surface area contributed by atoms with Gasteiger partial charge in [0, 0.05) is 6.42 Å². The Labute approximate surface area is 311 Å². The molecule has 0 aliphatic heterocycles. The van der Waals surface area contributed by atoms with Gasteiger partial charge in [0.15, 0.2) is 0 Å². The maximum atomic E-state index is 10.1. The first-order chi connectivity index (χ1) is 24.2. The number of nitrogens with one attached hydrogen (secondary N) is 1. The monoisotopic (exact) mass is 694 g/mol. The Morgan fingerprint density at radius 2 is 0.490 bits per heavy atom. The fourth-order valence-electron chi connectivity index (χ4n) is 6.95. The van der Waals surface area contributed by atoms with Crippen molar-refractivity contribution in [2.24, 2.45) is 0 Å². The van der Waals surface area contributed by atoms with Crippen molar-refractivity contribution in [2.45, 2.75) is 278 Å². The van der Waals surface area contributed by atoms with Crippen LogP contribution < -0.4 is 5.32 Å². The van der Waals surface area contributed by atoms with E-state index in [1.807, 2.05) is 0 Å². The first kappa shape index (κ1) is 50.5. The zero-order valence-corrected chi connectivity index (χ0v) is 34.6. The molecular formula is C46H95NO2. The molecule has 0 unspecified atom stereocenters. The minimum atomic E-state index is -0.663.